The van der Waals surface area contributed by atoms with Gasteiger partial charge in [0.25, 0.3) is 0 Å². The number of rotatable bonds is 9. The molecule has 1 aromatic rings. The van der Waals surface area contributed by atoms with Crippen LogP contribution in [0.2, 0.25) is 0 Å². The van der Waals surface area contributed by atoms with Gasteiger partial charge in [-0.1, -0.05) is 57.6 Å². The molecule has 0 atom stereocenters. The summed E-state index contributed by atoms with van der Waals surface area (Å²) in [7, 11) is -1.01. The summed E-state index contributed by atoms with van der Waals surface area (Å²) in [5.74, 6) is 0. The molecule has 0 N–H and O–H groups in total. The molecule has 0 amide bonds. The predicted octanol–water partition coefficient (Wildman–Crippen LogP) is 6.30. The van der Waals surface area contributed by atoms with Gasteiger partial charge in [0, 0.05) is 0 Å². The first-order valence-corrected chi connectivity index (χ1v) is 10.5. The van der Waals surface area contributed by atoms with Crippen LogP contribution in [0.15, 0.2) is 18.2 Å². The molecule has 1 aliphatic rings. The standard InChI is InChI=1S/C22H34BF3O2/c1-6-7-8-9-10-11-12-13-17-14-15-19(18(16-17)22(24,25)26)23-27-20(2,3)21(4,5)28-23/h14-16H,6-13H2,1-5H3. The van der Waals surface area contributed by atoms with Gasteiger partial charge in [0.2, 0.25) is 0 Å². The van der Waals surface area contributed by atoms with E-state index in [-0.39, 0.29) is 5.46 Å². The summed E-state index contributed by atoms with van der Waals surface area (Å²) >= 11 is 0. The van der Waals surface area contributed by atoms with E-state index in [0.717, 1.165) is 24.8 Å². The van der Waals surface area contributed by atoms with Gasteiger partial charge in [-0.2, -0.15) is 13.2 Å². The van der Waals surface area contributed by atoms with E-state index in [9.17, 15) is 13.2 Å². The van der Waals surface area contributed by atoms with E-state index in [2.05, 4.69) is 6.92 Å². The lowest BCUT2D eigenvalue weighted by molar-refractivity contribution is -0.136. The smallest absolute Gasteiger partial charge is 0.399 e. The van der Waals surface area contributed by atoms with E-state index in [1.54, 1.807) is 6.07 Å². The molecule has 0 bridgehead atoms. The Bertz CT molecular complexity index is 625. The number of benzene rings is 1. The first kappa shape index (κ1) is 23.3. The minimum absolute atomic E-state index is 0.0643. The third-order valence-corrected chi connectivity index (χ3v) is 6.00. The van der Waals surface area contributed by atoms with Crippen molar-refractivity contribution in [2.75, 3.05) is 0 Å². The summed E-state index contributed by atoms with van der Waals surface area (Å²) in [4.78, 5) is 0. The third-order valence-electron chi connectivity index (χ3n) is 6.00. The number of unbranched alkanes of at least 4 members (excludes halogenated alkanes) is 6. The summed E-state index contributed by atoms with van der Waals surface area (Å²) in [5.41, 5.74) is -1.20. The highest BCUT2D eigenvalue weighted by atomic mass is 19.4. The van der Waals surface area contributed by atoms with E-state index < -0.39 is 30.1 Å². The lowest BCUT2D eigenvalue weighted by Gasteiger charge is -2.32. The van der Waals surface area contributed by atoms with Gasteiger partial charge >= 0.3 is 13.3 Å². The fourth-order valence-corrected chi connectivity index (χ4v) is 3.47. The topological polar surface area (TPSA) is 18.5 Å². The van der Waals surface area contributed by atoms with Crippen LogP contribution in [0.1, 0.15) is 90.7 Å². The molecular formula is C22H34BF3O2. The van der Waals surface area contributed by atoms with Crippen molar-refractivity contribution >= 4 is 12.6 Å². The van der Waals surface area contributed by atoms with E-state index in [1.807, 2.05) is 27.7 Å². The molecule has 28 heavy (non-hydrogen) atoms. The maximum atomic E-state index is 13.7. The summed E-state index contributed by atoms with van der Waals surface area (Å²) in [6.45, 7) is 9.56. The summed E-state index contributed by atoms with van der Waals surface area (Å²) in [6.07, 6.45) is 4.29. The fraction of sp³-hybridized carbons (Fsp3) is 0.727. The first-order chi connectivity index (χ1) is 13.0. The molecule has 1 fully saturated rings. The van der Waals surface area contributed by atoms with Gasteiger partial charge in [0.1, 0.15) is 0 Å². The molecule has 1 aromatic carbocycles. The maximum Gasteiger partial charge on any atom is 0.495 e. The fourth-order valence-electron chi connectivity index (χ4n) is 3.47. The molecule has 0 unspecified atom stereocenters. The lowest BCUT2D eigenvalue weighted by atomic mass is 9.75. The molecule has 0 radical (unpaired) electrons. The van der Waals surface area contributed by atoms with Crippen molar-refractivity contribution in [1.82, 2.24) is 0 Å². The SMILES string of the molecule is CCCCCCCCCc1ccc(B2OC(C)(C)C(C)(C)O2)c(C(F)(F)F)c1. The Balaban J connectivity index is 2.06. The van der Waals surface area contributed by atoms with Gasteiger partial charge in [-0.25, -0.2) is 0 Å². The van der Waals surface area contributed by atoms with Crippen LogP contribution in [0.3, 0.4) is 0 Å². The molecule has 2 rings (SSSR count). The van der Waals surface area contributed by atoms with Gasteiger partial charge in [-0.3, -0.25) is 0 Å². The Morgan fingerprint density at radius 1 is 0.857 bits per heavy atom. The number of hydrogen-bond donors (Lipinski definition) is 0. The van der Waals surface area contributed by atoms with Crippen LogP contribution in [-0.2, 0) is 21.9 Å². The van der Waals surface area contributed by atoms with E-state index >= 15 is 0 Å². The van der Waals surface area contributed by atoms with Gasteiger partial charge in [-0.15, -0.1) is 0 Å². The zero-order valence-electron chi connectivity index (χ0n) is 17.9. The largest absolute Gasteiger partial charge is 0.495 e. The molecule has 1 heterocycles. The number of alkyl halides is 3. The molecule has 1 saturated heterocycles. The normalized spacial score (nSPS) is 18.6. The average Bonchev–Trinajstić information content (AvgIpc) is 2.81. The first-order valence-electron chi connectivity index (χ1n) is 10.5. The van der Waals surface area contributed by atoms with Gasteiger partial charge in [0.05, 0.1) is 16.8 Å². The highest BCUT2D eigenvalue weighted by Crippen LogP contribution is 2.38. The predicted molar refractivity (Wildman–Crippen MR) is 109 cm³/mol. The Kier molecular flexibility index (Phi) is 7.65. The van der Waals surface area contributed by atoms with Crippen LogP contribution in [0, 0.1) is 0 Å². The molecule has 6 heteroatoms. The number of hydrogen-bond acceptors (Lipinski definition) is 2. The summed E-state index contributed by atoms with van der Waals surface area (Å²) in [5, 5.41) is 0. The van der Waals surface area contributed by atoms with Crippen molar-refractivity contribution in [3.8, 4) is 0 Å². The van der Waals surface area contributed by atoms with Crippen molar-refractivity contribution in [3.63, 3.8) is 0 Å². The Morgan fingerprint density at radius 2 is 1.39 bits per heavy atom. The number of aryl methyl sites for hydroxylation is 1. The monoisotopic (exact) mass is 398 g/mol. The van der Waals surface area contributed by atoms with Gasteiger partial charge < -0.3 is 9.31 Å². The summed E-state index contributed by atoms with van der Waals surface area (Å²) in [6, 6.07) is 4.59. The molecule has 1 aliphatic heterocycles. The molecular weight excluding hydrogens is 364 g/mol. The molecule has 2 nitrogen and oxygen atoms in total. The number of halogens is 3. The average molecular weight is 398 g/mol. The van der Waals surface area contributed by atoms with Crippen LogP contribution in [0.4, 0.5) is 13.2 Å². The van der Waals surface area contributed by atoms with Crippen molar-refractivity contribution < 1.29 is 22.5 Å². The second kappa shape index (κ2) is 9.21. The zero-order valence-corrected chi connectivity index (χ0v) is 17.9. The van der Waals surface area contributed by atoms with Crippen molar-refractivity contribution in [1.29, 1.82) is 0 Å². The molecule has 0 aliphatic carbocycles. The lowest BCUT2D eigenvalue weighted by Crippen LogP contribution is -2.41. The maximum absolute atomic E-state index is 13.7. The van der Waals surface area contributed by atoms with E-state index in [4.69, 9.17) is 9.31 Å². The van der Waals surface area contributed by atoms with Crippen LogP contribution in [-0.4, -0.2) is 18.3 Å². The van der Waals surface area contributed by atoms with Gasteiger partial charge in [-0.05, 0) is 57.6 Å². The Hall–Kier alpha value is -1.01. The molecule has 0 aromatic heterocycles. The Morgan fingerprint density at radius 3 is 1.93 bits per heavy atom. The van der Waals surface area contributed by atoms with Crippen molar-refractivity contribution in [2.24, 2.45) is 0 Å². The van der Waals surface area contributed by atoms with Crippen LogP contribution < -0.4 is 5.46 Å². The third kappa shape index (κ3) is 5.76. The van der Waals surface area contributed by atoms with Crippen molar-refractivity contribution in [3.05, 3.63) is 29.3 Å². The Labute approximate surface area is 168 Å². The quantitative estimate of drug-likeness (QED) is 0.359. The zero-order chi connectivity index (χ0) is 21.0. The van der Waals surface area contributed by atoms with Crippen LogP contribution in [0.25, 0.3) is 0 Å². The minimum Gasteiger partial charge on any atom is -0.399 e. The highest BCUT2D eigenvalue weighted by molar-refractivity contribution is 6.62. The van der Waals surface area contributed by atoms with Gasteiger partial charge in [0.15, 0.2) is 0 Å². The molecule has 158 valence electrons. The summed E-state index contributed by atoms with van der Waals surface area (Å²) < 4.78 is 52.8. The molecule has 0 spiro atoms. The van der Waals surface area contributed by atoms with Crippen LogP contribution >= 0.6 is 0 Å². The minimum atomic E-state index is -4.44. The van der Waals surface area contributed by atoms with Crippen molar-refractivity contribution in [2.45, 2.75) is 103 Å². The van der Waals surface area contributed by atoms with E-state index in [1.165, 1.54) is 37.8 Å². The second-order valence-corrected chi connectivity index (χ2v) is 8.88. The highest BCUT2D eigenvalue weighted by Gasteiger charge is 2.53. The van der Waals surface area contributed by atoms with Crippen LogP contribution in [0.5, 0.6) is 0 Å². The second-order valence-electron chi connectivity index (χ2n) is 8.88. The van der Waals surface area contributed by atoms with E-state index in [0.29, 0.717) is 6.42 Å². The molecule has 0 saturated carbocycles.